The van der Waals surface area contributed by atoms with Crippen LogP contribution in [0.25, 0.3) is 5.52 Å². The number of H-pyrrole nitrogens is 1. The second kappa shape index (κ2) is 4.09. The number of aromatic nitrogens is 3. The van der Waals surface area contributed by atoms with Gasteiger partial charge in [0.05, 0.1) is 16.6 Å². The van der Waals surface area contributed by atoms with Gasteiger partial charge < -0.3 is 9.72 Å². The van der Waals surface area contributed by atoms with E-state index in [0.717, 1.165) is 0 Å². The number of ether oxygens (including phenoxy) is 1. The molecule has 0 atom stereocenters. The minimum Gasteiger partial charge on any atom is -0.462 e. The summed E-state index contributed by atoms with van der Waals surface area (Å²) in [6.07, 6.45) is 2.71. The summed E-state index contributed by atoms with van der Waals surface area (Å²) in [4.78, 5) is 25.5. The van der Waals surface area contributed by atoms with Gasteiger partial charge >= 0.3 is 5.97 Å². The first-order valence-corrected chi connectivity index (χ1v) is 5.36. The molecule has 0 saturated carbocycles. The molecular formula is C9H8BrN3O3. The lowest BCUT2D eigenvalue weighted by atomic mass is 10.3. The van der Waals surface area contributed by atoms with Crippen LogP contribution in [0.2, 0.25) is 0 Å². The number of aromatic amines is 1. The number of hydrogen-bond acceptors (Lipinski definition) is 4. The first-order valence-electron chi connectivity index (χ1n) is 4.56. The molecule has 2 heterocycles. The Morgan fingerprint density at radius 1 is 1.69 bits per heavy atom. The second-order valence-electron chi connectivity index (χ2n) is 2.99. The molecule has 0 spiro atoms. The van der Waals surface area contributed by atoms with E-state index in [-0.39, 0.29) is 23.2 Å². The van der Waals surface area contributed by atoms with E-state index in [2.05, 4.69) is 26.0 Å². The minimum absolute atomic E-state index is 0.279. The standard InChI is InChI=1S/C9H8BrN3O3/c1-2-16-9(15)5-3-13-7(6(5)10)8(14)11-4-12-13/h3-4H,2H2,1H3,(H,11,12,14). The molecule has 2 aromatic rings. The Kier molecular flexibility index (Phi) is 2.78. The summed E-state index contributed by atoms with van der Waals surface area (Å²) < 4.78 is 6.57. The van der Waals surface area contributed by atoms with E-state index in [1.54, 1.807) is 6.92 Å². The maximum atomic E-state index is 11.5. The number of esters is 1. The maximum absolute atomic E-state index is 11.5. The molecule has 16 heavy (non-hydrogen) atoms. The first kappa shape index (κ1) is 10.9. The van der Waals surface area contributed by atoms with E-state index in [1.165, 1.54) is 17.0 Å². The van der Waals surface area contributed by atoms with Crippen LogP contribution in [0, 0.1) is 0 Å². The molecule has 1 N–H and O–H groups in total. The molecular weight excluding hydrogens is 278 g/mol. The number of hydrogen-bond donors (Lipinski definition) is 1. The van der Waals surface area contributed by atoms with Crippen molar-refractivity contribution >= 4 is 27.4 Å². The molecule has 0 amide bonds. The van der Waals surface area contributed by atoms with Crippen molar-refractivity contribution in [3.63, 3.8) is 0 Å². The summed E-state index contributed by atoms with van der Waals surface area (Å²) in [7, 11) is 0. The summed E-state index contributed by atoms with van der Waals surface area (Å²) in [5, 5.41) is 3.89. The van der Waals surface area contributed by atoms with Gasteiger partial charge in [-0.25, -0.2) is 9.31 Å². The molecule has 0 unspecified atom stereocenters. The van der Waals surface area contributed by atoms with Crippen LogP contribution < -0.4 is 5.56 Å². The van der Waals surface area contributed by atoms with Crippen LogP contribution >= 0.6 is 15.9 Å². The van der Waals surface area contributed by atoms with Crippen LogP contribution in [0.1, 0.15) is 17.3 Å². The maximum Gasteiger partial charge on any atom is 0.340 e. The van der Waals surface area contributed by atoms with E-state index in [1.807, 2.05) is 0 Å². The fourth-order valence-electron chi connectivity index (χ4n) is 1.34. The third kappa shape index (κ3) is 1.63. The van der Waals surface area contributed by atoms with Crippen molar-refractivity contribution in [1.82, 2.24) is 14.6 Å². The quantitative estimate of drug-likeness (QED) is 0.834. The highest BCUT2D eigenvalue weighted by molar-refractivity contribution is 9.10. The molecule has 84 valence electrons. The molecule has 0 fully saturated rings. The van der Waals surface area contributed by atoms with Gasteiger partial charge in [-0.1, -0.05) is 0 Å². The molecule has 0 bridgehead atoms. The predicted octanol–water partition coefficient (Wildman–Crippen LogP) is 0.962. The monoisotopic (exact) mass is 285 g/mol. The molecule has 0 aliphatic carbocycles. The minimum atomic E-state index is -0.487. The highest BCUT2D eigenvalue weighted by atomic mass is 79.9. The van der Waals surface area contributed by atoms with Crippen molar-refractivity contribution in [3.8, 4) is 0 Å². The van der Waals surface area contributed by atoms with Gasteiger partial charge in [0.15, 0.2) is 0 Å². The van der Waals surface area contributed by atoms with E-state index in [0.29, 0.717) is 4.47 Å². The summed E-state index contributed by atoms with van der Waals surface area (Å²) in [5.41, 5.74) is 0.244. The average Bonchev–Trinajstić information content (AvgIpc) is 2.58. The van der Waals surface area contributed by atoms with Crippen LogP contribution in [0.4, 0.5) is 0 Å². The largest absolute Gasteiger partial charge is 0.462 e. The summed E-state index contributed by atoms with van der Waals surface area (Å²) >= 11 is 3.19. The summed E-state index contributed by atoms with van der Waals surface area (Å²) in [6.45, 7) is 1.99. The molecule has 6 nitrogen and oxygen atoms in total. The highest BCUT2D eigenvalue weighted by Crippen LogP contribution is 2.22. The predicted molar refractivity (Wildman–Crippen MR) is 59.5 cm³/mol. The Morgan fingerprint density at radius 3 is 3.06 bits per heavy atom. The Morgan fingerprint density at radius 2 is 2.44 bits per heavy atom. The van der Waals surface area contributed by atoms with Crippen LogP contribution in [0.15, 0.2) is 21.8 Å². The van der Waals surface area contributed by atoms with Crippen LogP contribution in [0.5, 0.6) is 0 Å². The van der Waals surface area contributed by atoms with E-state index < -0.39 is 5.97 Å². The molecule has 0 saturated heterocycles. The molecule has 2 aromatic heterocycles. The Bertz CT molecular complexity index is 602. The molecule has 0 aliphatic heterocycles. The molecule has 0 radical (unpaired) electrons. The van der Waals surface area contributed by atoms with Crippen molar-refractivity contribution in [2.24, 2.45) is 0 Å². The van der Waals surface area contributed by atoms with Gasteiger partial charge in [-0.3, -0.25) is 4.79 Å². The number of halogens is 1. The van der Waals surface area contributed by atoms with E-state index in [4.69, 9.17) is 4.74 Å². The van der Waals surface area contributed by atoms with Crippen molar-refractivity contribution in [2.45, 2.75) is 6.92 Å². The number of fused-ring (bicyclic) bond motifs is 1. The summed E-state index contributed by atoms with van der Waals surface area (Å²) in [6, 6.07) is 0. The van der Waals surface area contributed by atoms with E-state index in [9.17, 15) is 9.59 Å². The fourth-order valence-corrected chi connectivity index (χ4v) is 1.96. The topological polar surface area (TPSA) is 76.5 Å². The Hall–Kier alpha value is -1.63. The average molecular weight is 286 g/mol. The van der Waals surface area contributed by atoms with Crippen molar-refractivity contribution in [3.05, 3.63) is 32.9 Å². The van der Waals surface area contributed by atoms with Crippen LogP contribution in [-0.4, -0.2) is 27.2 Å². The smallest absolute Gasteiger partial charge is 0.340 e. The zero-order valence-corrected chi connectivity index (χ0v) is 9.94. The third-order valence-corrected chi connectivity index (χ3v) is 2.82. The van der Waals surface area contributed by atoms with Crippen LogP contribution in [-0.2, 0) is 4.74 Å². The lowest BCUT2D eigenvalue weighted by molar-refractivity contribution is 0.0525. The van der Waals surface area contributed by atoms with Gasteiger partial charge in [-0.15, -0.1) is 0 Å². The fraction of sp³-hybridized carbons (Fsp3) is 0.222. The molecule has 7 heteroatoms. The lowest BCUT2D eigenvalue weighted by Crippen LogP contribution is -2.10. The zero-order valence-electron chi connectivity index (χ0n) is 8.36. The van der Waals surface area contributed by atoms with Crippen molar-refractivity contribution < 1.29 is 9.53 Å². The van der Waals surface area contributed by atoms with E-state index >= 15 is 0 Å². The van der Waals surface area contributed by atoms with Gasteiger partial charge in [0.25, 0.3) is 5.56 Å². The van der Waals surface area contributed by atoms with Crippen molar-refractivity contribution in [1.29, 1.82) is 0 Å². The van der Waals surface area contributed by atoms with Gasteiger partial charge in [0, 0.05) is 6.20 Å². The molecule has 0 aliphatic rings. The van der Waals surface area contributed by atoms with Gasteiger partial charge in [-0.2, -0.15) is 5.10 Å². The highest BCUT2D eigenvalue weighted by Gasteiger charge is 2.18. The van der Waals surface area contributed by atoms with Gasteiger partial charge in [0.2, 0.25) is 0 Å². The number of nitrogens with zero attached hydrogens (tertiary/aromatic N) is 2. The van der Waals surface area contributed by atoms with Gasteiger partial charge in [0.1, 0.15) is 11.8 Å². The second-order valence-corrected chi connectivity index (χ2v) is 3.78. The van der Waals surface area contributed by atoms with Crippen LogP contribution in [0.3, 0.4) is 0 Å². The Labute approximate surface area is 98.4 Å². The summed E-state index contributed by atoms with van der Waals surface area (Å²) in [5.74, 6) is -0.487. The van der Waals surface area contributed by atoms with Crippen molar-refractivity contribution in [2.75, 3.05) is 6.61 Å². The normalized spacial score (nSPS) is 10.6. The zero-order chi connectivity index (χ0) is 11.7. The third-order valence-electron chi connectivity index (χ3n) is 2.01. The number of nitrogens with one attached hydrogen (secondary N) is 1. The number of carbonyl (C=O) groups excluding carboxylic acids is 1. The molecule has 2 rings (SSSR count). The lowest BCUT2D eigenvalue weighted by Gasteiger charge is -1.97. The first-order chi connectivity index (χ1) is 7.65. The van der Waals surface area contributed by atoms with Gasteiger partial charge in [-0.05, 0) is 22.9 Å². The number of rotatable bonds is 2. The Balaban J connectivity index is 2.65. The number of carbonyl (C=O) groups is 1. The molecule has 0 aromatic carbocycles. The SMILES string of the molecule is CCOC(=O)c1cn2nc[nH]c(=O)c2c1Br.